The second kappa shape index (κ2) is 17.5. The number of carboxylic acid groups (broad SMARTS) is 1. The lowest BCUT2D eigenvalue weighted by Crippen LogP contribution is -1.93. The number of carboxylic acids is 1. The van der Waals surface area contributed by atoms with Crippen molar-refractivity contribution in [3.05, 3.63) is 48.6 Å². The van der Waals surface area contributed by atoms with Crippen LogP contribution < -0.4 is 0 Å². The molecule has 0 heterocycles. The van der Waals surface area contributed by atoms with Crippen molar-refractivity contribution in [2.24, 2.45) is 0 Å². The van der Waals surface area contributed by atoms with Gasteiger partial charge < -0.3 is 5.11 Å². The Hall–Kier alpha value is -1.57. The van der Waals surface area contributed by atoms with Crippen molar-refractivity contribution >= 4 is 5.97 Å². The summed E-state index contributed by atoms with van der Waals surface area (Å²) in [6, 6.07) is 0. The van der Waals surface area contributed by atoms with Gasteiger partial charge in [-0.3, -0.25) is 4.79 Å². The second-order valence-electron chi connectivity index (χ2n) is 5.39. The zero-order chi connectivity index (χ0) is 16.3. The number of aliphatic carboxylic acids is 1. The zero-order valence-electron chi connectivity index (χ0n) is 14.0. The smallest absolute Gasteiger partial charge is 0.303 e. The van der Waals surface area contributed by atoms with Crippen LogP contribution in [0.1, 0.15) is 71.1 Å². The van der Waals surface area contributed by atoms with Gasteiger partial charge in [0.2, 0.25) is 0 Å². The molecule has 0 fully saturated rings. The Bertz CT molecular complexity index is 362. The Balaban J connectivity index is 3.30. The van der Waals surface area contributed by atoms with Crippen LogP contribution >= 0.6 is 0 Å². The average molecular weight is 304 g/mol. The molecule has 0 aromatic carbocycles. The standard InChI is InChI=1S/C20H32O2/c1-2-3-4-5-6-7-8-9-10-11-12-13-14-15-16-17-18-19-20(21)22/h2-3,5-6,8-9,11-12H,4,7,10,13-19H2,1H3,(H,21,22)/b3-2-,6-5-,9-8-,12-11-. The van der Waals surface area contributed by atoms with E-state index in [2.05, 4.69) is 48.6 Å². The molecule has 22 heavy (non-hydrogen) atoms. The maximum absolute atomic E-state index is 10.3. The molecule has 0 rings (SSSR count). The average Bonchev–Trinajstić information content (AvgIpc) is 2.50. The molecule has 0 aliphatic heterocycles. The Morgan fingerprint density at radius 2 is 1.23 bits per heavy atom. The topological polar surface area (TPSA) is 37.3 Å². The van der Waals surface area contributed by atoms with E-state index >= 15 is 0 Å². The molecule has 0 saturated carbocycles. The van der Waals surface area contributed by atoms with Gasteiger partial charge in [0, 0.05) is 6.42 Å². The molecule has 1 N–H and O–H groups in total. The van der Waals surface area contributed by atoms with E-state index in [9.17, 15) is 4.79 Å². The number of unbranched alkanes of at least 4 members (excludes halogenated alkanes) is 5. The summed E-state index contributed by atoms with van der Waals surface area (Å²) in [4.78, 5) is 10.3. The largest absolute Gasteiger partial charge is 0.481 e. The van der Waals surface area contributed by atoms with Gasteiger partial charge in [0.25, 0.3) is 0 Å². The normalized spacial score (nSPS) is 12.4. The molecule has 2 nitrogen and oxygen atoms in total. The molecule has 0 saturated heterocycles. The minimum absolute atomic E-state index is 0.316. The van der Waals surface area contributed by atoms with Gasteiger partial charge >= 0.3 is 5.97 Å². The van der Waals surface area contributed by atoms with Gasteiger partial charge in [-0.05, 0) is 45.4 Å². The molecule has 0 radical (unpaired) electrons. The minimum atomic E-state index is -0.677. The highest BCUT2D eigenvalue weighted by atomic mass is 16.4. The highest BCUT2D eigenvalue weighted by molar-refractivity contribution is 5.66. The Kier molecular flexibility index (Phi) is 16.2. The fourth-order valence-electron chi connectivity index (χ4n) is 2.04. The number of carbonyl (C=O) groups is 1. The second-order valence-corrected chi connectivity index (χ2v) is 5.39. The third-order valence-corrected chi connectivity index (χ3v) is 3.31. The minimum Gasteiger partial charge on any atom is -0.481 e. The fraction of sp³-hybridized carbons (Fsp3) is 0.550. The molecule has 0 bridgehead atoms. The molecule has 0 unspecified atom stereocenters. The number of hydrogen-bond donors (Lipinski definition) is 1. The molecule has 2 heteroatoms. The first kappa shape index (κ1) is 20.4. The fourth-order valence-corrected chi connectivity index (χ4v) is 2.04. The van der Waals surface area contributed by atoms with Crippen LogP contribution in [0.2, 0.25) is 0 Å². The molecule has 0 aliphatic rings. The maximum Gasteiger partial charge on any atom is 0.303 e. The first-order valence-electron chi connectivity index (χ1n) is 8.55. The third kappa shape index (κ3) is 18.4. The van der Waals surface area contributed by atoms with Gasteiger partial charge in [0.05, 0.1) is 0 Å². The first-order valence-corrected chi connectivity index (χ1v) is 8.55. The molecule has 0 atom stereocenters. The van der Waals surface area contributed by atoms with Gasteiger partial charge in [-0.2, -0.15) is 0 Å². The van der Waals surface area contributed by atoms with Crippen molar-refractivity contribution < 1.29 is 9.90 Å². The predicted molar refractivity (Wildman–Crippen MR) is 96.0 cm³/mol. The monoisotopic (exact) mass is 304 g/mol. The van der Waals surface area contributed by atoms with E-state index < -0.39 is 5.97 Å². The SMILES string of the molecule is C/C=C\C/C=C\C/C=C\C/C=C\CCCCCCCC(=O)O. The van der Waals surface area contributed by atoms with Gasteiger partial charge in [-0.25, -0.2) is 0 Å². The molecule has 0 aromatic heterocycles. The number of rotatable bonds is 14. The molecule has 0 aliphatic carbocycles. The van der Waals surface area contributed by atoms with Crippen LogP contribution in [0.25, 0.3) is 0 Å². The van der Waals surface area contributed by atoms with E-state index in [1.54, 1.807) is 0 Å². The Morgan fingerprint density at radius 3 is 1.82 bits per heavy atom. The van der Waals surface area contributed by atoms with Crippen LogP contribution in [0.4, 0.5) is 0 Å². The summed E-state index contributed by atoms with van der Waals surface area (Å²) in [5.74, 6) is -0.677. The van der Waals surface area contributed by atoms with E-state index in [-0.39, 0.29) is 0 Å². The van der Waals surface area contributed by atoms with Crippen LogP contribution in [-0.4, -0.2) is 11.1 Å². The quantitative estimate of drug-likeness (QED) is 0.305. The number of allylic oxidation sites excluding steroid dienone is 8. The summed E-state index contributed by atoms with van der Waals surface area (Å²) in [6.45, 7) is 2.04. The molecule has 124 valence electrons. The Morgan fingerprint density at radius 1 is 0.727 bits per heavy atom. The summed E-state index contributed by atoms with van der Waals surface area (Å²) in [7, 11) is 0. The van der Waals surface area contributed by atoms with Gasteiger partial charge in [0.1, 0.15) is 0 Å². The van der Waals surface area contributed by atoms with Gasteiger partial charge in [-0.15, -0.1) is 0 Å². The summed E-state index contributed by atoms with van der Waals surface area (Å²) >= 11 is 0. The molecule has 0 amide bonds. The van der Waals surface area contributed by atoms with E-state index in [4.69, 9.17) is 5.11 Å². The van der Waals surface area contributed by atoms with Crippen LogP contribution in [0.15, 0.2) is 48.6 Å². The lowest BCUT2D eigenvalue weighted by Gasteiger charge is -1.98. The van der Waals surface area contributed by atoms with E-state index in [1.807, 2.05) is 6.92 Å². The summed E-state index contributed by atoms with van der Waals surface area (Å²) < 4.78 is 0. The van der Waals surface area contributed by atoms with Crippen molar-refractivity contribution in [3.63, 3.8) is 0 Å². The van der Waals surface area contributed by atoms with Gasteiger partial charge in [-0.1, -0.05) is 67.9 Å². The van der Waals surface area contributed by atoms with Crippen LogP contribution in [0.5, 0.6) is 0 Å². The highest BCUT2D eigenvalue weighted by Gasteiger charge is 1.95. The lowest BCUT2D eigenvalue weighted by molar-refractivity contribution is -0.137. The predicted octanol–water partition coefficient (Wildman–Crippen LogP) is 6.22. The van der Waals surface area contributed by atoms with Crippen LogP contribution in [-0.2, 0) is 4.79 Å². The van der Waals surface area contributed by atoms with Crippen LogP contribution in [0.3, 0.4) is 0 Å². The van der Waals surface area contributed by atoms with Crippen molar-refractivity contribution in [3.8, 4) is 0 Å². The molecular weight excluding hydrogens is 272 g/mol. The van der Waals surface area contributed by atoms with Gasteiger partial charge in [0.15, 0.2) is 0 Å². The number of hydrogen-bond acceptors (Lipinski definition) is 1. The van der Waals surface area contributed by atoms with E-state index in [1.165, 1.54) is 12.8 Å². The van der Waals surface area contributed by atoms with E-state index in [0.29, 0.717) is 6.42 Å². The Labute approximate surface area is 136 Å². The third-order valence-electron chi connectivity index (χ3n) is 3.31. The first-order chi connectivity index (χ1) is 10.8. The summed E-state index contributed by atoms with van der Waals surface area (Å²) in [5.41, 5.74) is 0. The van der Waals surface area contributed by atoms with Crippen LogP contribution in [0, 0.1) is 0 Å². The molecule has 0 aromatic rings. The molecular formula is C20H32O2. The zero-order valence-corrected chi connectivity index (χ0v) is 14.0. The van der Waals surface area contributed by atoms with Crippen molar-refractivity contribution in [1.82, 2.24) is 0 Å². The van der Waals surface area contributed by atoms with Crippen molar-refractivity contribution in [1.29, 1.82) is 0 Å². The van der Waals surface area contributed by atoms with E-state index in [0.717, 1.165) is 44.9 Å². The molecule has 0 spiro atoms. The summed E-state index contributed by atoms with van der Waals surface area (Å²) in [6.07, 6.45) is 27.4. The summed E-state index contributed by atoms with van der Waals surface area (Å²) in [5, 5.41) is 8.52. The van der Waals surface area contributed by atoms with Crippen molar-refractivity contribution in [2.45, 2.75) is 71.1 Å². The maximum atomic E-state index is 10.3. The lowest BCUT2D eigenvalue weighted by atomic mass is 10.1. The highest BCUT2D eigenvalue weighted by Crippen LogP contribution is 2.07. The van der Waals surface area contributed by atoms with Crippen molar-refractivity contribution in [2.75, 3.05) is 0 Å².